The van der Waals surface area contributed by atoms with E-state index in [2.05, 4.69) is 42.5 Å². The van der Waals surface area contributed by atoms with E-state index in [4.69, 9.17) is 0 Å². The number of benzene rings is 1. The Morgan fingerprint density at radius 3 is 2.60 bits per heavy atom. The number of hydrogen-bond donors (Lipinski definition) is 0. The molecule has 0 saturated carbocycles. The van der Waals surface area contributed by atoms with Crippen LogP contribution in [0.15, 0.2) is 42.5 Å². The van der Waals surface area contributed by atoms with Gasteiger partial charge in [0.2, 0.25) is 0 Å². The molecule has 52 valence electrons. The van der Waals surface area contributed by atoms with Gasteiger partial charge in [0.25, 0.3) is 0 Å². The largest absolute Gasteiger partial charge is 0.168 e. The minimum Gasteiger partial charge on any atom is -0.168 e. The van der Waals surface area contributed by atoms with Gasteiger partial charge in [-0.25, -0.2) is 0 Å². The fourth-order valence-electron chi connectivity index (χ4n) is 1.07. The van der Waals surface area contributed by atoms with Gasteiger partial charge < -0.3 is 0 Å². The second kappa shape index (κ2) is 3.52. The van der Waals surface area contributed by atoms with Crippen LogP contribution in [0.3, 0.4) is 0 Å². The zero-order chi connectivity index (χ0) is 6.10. The molecule has 0 radical (unpaired) electrons. The van der Waals surface area contributed by atoms with Crippen LogP contribution in [0.2, 0.25) is 0 Å². The van der Waals surface area contributed by atoms with E-state index in [0.29, 0.717) is 0 Å². The van der Waals surface area contributed by atoms with Crippen molar-refractivity contribution in [1.82, 2.24) is 0 Å². The van der Waals surface area contributed by atoms with Crippen LogP contribution in [0.25, 0.3) is 10.8 Å². The third kappa shape index (κ3) is 1.42. The Labute approximate surface area is 92.3 Å². The normalized spacial score (nSPS) is 9.20. The minimum absolute atomic E-state index is 0. The summed E-state index contributed by atoms with van der Waals surface area (Å²) in [6, 6.07) is 14.7. The van der Waals surface area contributed by atoms with E-state index < -0.39 is 0 Å². The maximum Gasteiger partial charge on any atom is 0 e. The Morgan fingerprint density at radius 1 is 1.00 bits per heavy atom. The molecule has 0 heterocycles. The molecular weight excluding hydrogens is 265 g/mol. The summed E-state index contributed by atoms with van der Waals surface area (Å²) >= 11 is 0. The molecule has 10 heavy (non-hydrogen) atoms. The Hall–Kier alpha value is 0.155. The molecule has 0 atom stereocenters. The van der Waals surface area contributed by atoms with Gasteiger partial charge in [-0.15, -0.1) is 29.7 Å². The Morgan fingerprint density at radius 2 is 1.80 bits per heavy atom. The fraction of sp³-hybridized carbons (Fsp3) is 0. The van der Waals surface area contributed by atoms with Crippen molar-refractivity contribution in [1.29, 1.82) is 0 Å². The molecule has 0 aliphatic heterocycles. The average Bonchev–Trinajstić information content (AvgIpc) is 2.33. The van der Waals surface area contributed by atoms with Crippen molar-refractivity contribution < 1.29 is 39.9 Å². The summed E-state index contributed by atoms with van der Waals surface area (Å²) in [5.41, 5.74) is 0. The van der Waals surface area contributed by atoms with Crippen molar-refractivity contribution in [3.63, 3.8) is 0 Å². The summed E-state index contributed by atoms with van der Waals surface area (Å²) in [5.74, 6) is 0. The Balaban J connectivity index is 0.000000500. The van der Waals surface area contributed by atoms with Crippen molar-refractivity contribution in [2.45, 2.75) is 0 Å². The summed E-state index contributed by atoms with van der Waals surface area (Å²) in [6.07, 6.45) is 0. The second-order valence-corrected chi connectivity index (χ2v) is 2.15. The first-order chi connectivity index (χ1) is 4.47. The van der Waals surface area contributed by atoms with Crippen LogP contribution in [0.1, 0.15) is 0 Å². The monoisotopic (exact) mass is 273 g/mol. The van der Waals surface area contributed by atoms with Gasteiger partial charge in [-0.1, -0.05) is 6.07 Å². The number of hydrogen-bond acceptors (Lipinski definition) is 0. The van der Waals surface area contributed by atoms with E-state index in [1.807, 2.05) is 0 Å². The van der Waals surface area contributed by atoms with Gasteiger partial charge >= 0.3 is 0 Å². The standard InChI is InChI=1S/C9H7.Gd/c1-2-5-9-7-3-6-8(9)4-1;/h1-7H;/q-1;. The fourth-order valence-corrected chi connectivity index (χ4v) is 1.07. The third-order valence-corrected chi connectivity index (χ3v) is 1.55. The third-order valence-electron chi connectivity index (χ3n) is 1.55. The van der Waals surface area contributed by atoms with Crippen LogP contribution in [0.4, 0.5) is 0 Å². The second-order valence-electron chi connectivity index (χ2n) is 2.15. The molecule has 0 saturated heterocycles. The Kier molecular flexibility index (Phi) is 2.90. The number of rotatable bonds is 0. The van der Waals surface area contributed by atoms with Crippen LogP contribution in [0.5, 0.6) is 0 Å². The van der Waals surface area contributed by atoms with Gasteiger partial charge in [0, 0.05) is 39.9 Å². The van der Waals surface area contributed by atoms with Gasteiger partial charge in [0.1, 0.15) is 0 Å². The van der Waals surface area contributed by atoms with E-state index in [0.717, 1.165) is 0 Å². The minimum atomic E-state index is 0. The summed E-state index contributed by atoms with van der Waals surface area (Å²) in [5, 5.41) is 2.66. The van der Waals surface area contributed by atoms with Crippen molar-refractivity contribution >= 4 is 10.8 Å². The van der Waals surface area contributed by atoms with E-state index in [-0.39, 0.29) is 39.9 Å². The van der Waals surface area contributed by atoms with Gasteiger partial charge in [-0.3, -0.25) is 0 Å². The molecule has 0 amide bonds. The maximum atomic E-state index is 2.12. The van der Waals surface area contributed by atoms with E-state index in [1.54, 1.807) is 0 Å². The smallest absolute Gasteiger partial charge is 0 e. The molecule has 0 unspecified atom stereocenters. The first-order valence-electron chi connectivity index (χ1n) is 3.07. The molecule has 2 aromatic carbocycles. The topological polar surface area (TPSA) is 0 Å². The van der Waals surface area contributed by atoms with E-state index in [9.17, 15) is 0 Å². The van der Waals surface area contributed by atoms with E-state index in [1.165, 1.54) is 10.8 Å². The van der Waals surface area contributed by atoms with Crippen molar-refractivity contribution in [3.8, 4) is 0 Å². The number of fused-ring (bicyclic) bond motifs is 1. The van der Waals surface area contributed by atoms with Gasteiger partial charge in [-0.05, 0) is 0 Å². The van der Waals surface area contributed by atoms with Crippen molar-refractivity contribution in [2.75, 3.05) is 0 Å². The average molecular weight is 272 g/mol. The molecule has 2 aromatic rings. The molecule has 0 aliphatic carbocycles. The molecule has 2 rings (SSSR count). The summed E-state index contributed by atoms with van der Waals surface area (Å²) in [4.78, 5) is 0. The van der Waals surface area contributed by atoms with Crippen LogP contribution >= 0.6 is 0 Å². The summed E-state index contributed by atoms with van der Waals surface area (Å²) < 4.78 is 0. The molecule has 0 fully saturated rings. The predicted octanol–water partition coefficient (Wildman–Crippen LogP) is 2.56. The predicted molar refractivity (Wildman–Crippen MR) is 39.5 cm³/mol. The Bertz CT molecular complexity index is 279. The van der Waals surface area contributed by atoms with E-state index >= 15 is 0 Å². The molecule has 0 bridgehead atoms. The van der Waals surface area contributed by atoms with Gasteiger partial charge in [-0.2, -0.15) is 17.5 Å². The van der Waals surface area contributed by atoms with Crippen molar-refractivity contribution in [3.05, 3.63) is 42.5 Å². The zero-order valence-corrected chi connectivity index (χ0v) is 7.66. The molecule has 1 heteroatoms. The SMILES string of the molecule is [Gd].c1ccc2[cH-]ccc2c1. The quantitative estimate of drug-likeness (QED) is 0.647. The maximum absolute atomic E-state index is 2.12. The van der Waals surface area contributed by atoms with Crippen LogP contribution < -0.4 is 0 Å². The molecule has 0 aromatic heterocycles. The first-order valence-corrected chi connectivity index (χ1v) is 3.07. The van der Waals surface area contributed by atoms with Crippen LogP contribution in [0, 0.1) is 39.9 Å². The molecule has 0 nitrogen and oxygen atoms in total. The first kappa shape index (κ1) is 8.25. The van der Waals surface area contributed by atoms with Crippen LogP contribution in [-0.4, -0.2) is 0 Å². The molecular formula is C9H7Gd-. The summed E-state index contributed by atoms with van der Waals surface area (Å²) in [7, 11) is 0. The zero-order valence-electron chi connectivity index (χ0n) is 5.40. The molecule has 0 N–H and O–H groups in total. The van der Waals surface area contributed by atoms with Gasteiger partial charge in [0.05, 0.1) is 0 Å². The van der Waals surface area contributed by atoms with Crippen LogP contribution in [-0.2, 0) is 0 Å². The molecule has 0 spiro atoms. The summed E-state index contributed by atoms with van der Waals surface area (Å²) in [6.45, 7) is 0. The molecule has 0 aliphatic rings. The van der Waals surface area contributed by atoms with Gasteiger partial charge in [0.15, 0.2) is 0 Å². The van der Waals surface area contributed by atoms with Crippen molar-refractivity contribution in [2.24, 2.45) is 0 Å².